The summed E-state index contributed by atoms with van der Waals surface area (Å²) in [7, 11) is 0. The highest BCUT2D eigenvalue weighted by Crippen LogP contribution is 2.24. The van der Waals surface area contributed by atoms with E-state index in [1.54, 1.807) is 6.07 Å². The molecule has 5 heteroatoms. The van der Waals surface area contributed by atoms with E-state index in [9.17, 15) is 4.79 Å². The molecular formula is C12H20N4O. The van der Waals surface area contributed by atoms with Gasteiger partial charge in [0.2, 0.25) is 0 Å². The van der Waals surface area contributed by atoms with Crippen LogP contribution in [0.1, 0.15) is 39.8 Å². The largest absolute Gasteiger partial charge is 0.298 e. The fraction of sp³-hybridized carbons (Fsp3) is 0.583. The van der Waals surface area contributed by atoms with Gasteiger partial charge in [-0.25, -0.2) is 5.84 Å². The smallest absolute Gasteiger partial charge is 0.165 e. The fourth-order valence-electron chi connectivity index (χ4n) is 1.34. The number of carbonyl (C=O) groups is 1. The second-order valence-corrected chi connectivity index (χ2v) is 4.84. The van der Waals surface area contributed by atoms with Gasteiger partial charge in [-0.3, -0.25) is 9.80 Å². The molecule has 0 aliphatic carbocycles. The summed E-state index contributed by atoms with van der Waals surface area (Å²) in [6, 6.07) is 3.70. The molecule has 0 radical (unpaired) electrons. The summed E-state index contributed by atoms with van der Waals surface area (Å²) in [5.74, 6) is 6.20. The van der Waals surface area contributed by atoms with Gasteiger partial charge in [-0.2, -0.15) is 5.10 Å². The lowest BCUT2D eigenvalue weighted by Crippen LogP contribution is -2.36. The number of nitrogens with zero attached hydrogens (tertiary/aromatic N) is 3. The highest BCUT2D eigenvalue weighted by Gasteiger charge is 2.20. The Labute approximate surface area is 102 Å². The maximum absolute atomic E-state index is 10.9. The molecule has 94 valence electrons. The Kier molecular flexibility index (Phi) is 4.17. The van der Waals surface area contributed by atoms with Crippen LogP contribution in [0.15, 0.2) is 12.1 Å². The molecule has 0 amide bonds. The first-order valence-electron chi connectivity index (χ1n) is 5.72. The molecule has 0 saturated heterocycles. The summed E-state index contributed by atoms with van der Waals surface area (Å²) >= 11 is 0. The zero-order valence-electron chi connectivity index (χ0n) is 10.9. The Morgan fingerprint density at radius 1 is 1.41 bits per heavy atom. The van der Waals surface area contributed by atoms with Crippen molar-refractivity contribution < 1.29 is 4.79 Å². The first kappa shape index (κ1) is 13.6. The Morgan fingerprint density at radius 3 is 2.47 bits per heavy atom. The van der Waals surface area contributed by atoms with Crippen LogP contribution < -0.4 is 10.9 Å². The Morgan fingerprint density at radius 2 is 2.06 bits per heavy atom. The Hall–Kier alpha value is -1.49. The SMILES string of the molecule is CCC(C)(C)c1ccc(N(N)CC(C)=O)nn1. The predicted molar refractivity (Wildman–Crippen MR) is 67.6 cm³/mol. The standard InChI is InChI=1S/C12H20N4O/c1-5-12(3,4)10-6-7-11(15-14-10)16(13)8-9(2)17/h6-7H,5,8,13H2,1-4H3. The summed E-state index contributed by atoms with van der Waals surface area (Å²) in [4.78, 5) is 10.9. The van der Waals surface area contributed by atoms with Gasteiger partial charge in [-0.05, 0) is 25.5 Å². The lowest BCUT2D eigenvalue weighted by Gasteiger charge is -2.22. The molecule has 0 bridgehead atoms. The molecule has 0 saturated carbocycles. The van der Waals surface area contributed by atoms with Crippen LogP contribution in [-0.2, 0) is 10.2 Å². The number of anilines is 1. The van der Waals surface area contributed by atoms with Crippen LogP contribution in [0.5, 0.6) is 0 Å². The van der Waals surface area contributed by atoms with Crippen molar-refractivity contribution >= 4 is 11.6 Å². The van der Waals surface area contributed by atoms with Crippen LogP contribution in [0.3, 0.4) is 0 Å². The molecule has 1 rings (SSSR count). The van der Waals surface area contributed by atoms with Crippen molar-refractivity contribution in [3.8, 4) is 0 Å². The summed E-state index contributed by atoms with van der Waals surface area (Å²) in [5, 5.41) is 9.51. The van der Waals surface area contributed by atoms with E-state index in [1.165, 1.54) is 11.9 Å². The van der Waals surface area contributed by atoms with E-state index in [1.807, 2.05) is 6.07 Å². The molecule has 5 nitrogen and oxygen atoms in total. The summed E-state index contributed by atoms with van der Waals surface area (Å²) in [5.41, 5.74) is 0.936. The molecule has 0 unspecified atom stereocenters. The maximum Gasteiger partial charge on any atom is 0.165 e. The van der Waals surface area contributed by atoms with Gasteiger partial charge in [0.05, 0.1) is 12.2 Å². The summed E-state index contributed by atoms with van der Waals surface area (Å²) < 4.78 is 0. The summed E-state index contributed by atoms with van der Waals surface area (Å²) in [6.45, 7) is 7.98. The van der Waals surface area contributed by atoms with E-state index in [0.717, 1.165) is 12.1 Å². The molecule has 17 heavy (non-hydrogen) atoms. The van der Waals surface area contributed by atoms with Gasteiger partial charge in [0.15, 0.2) is 11.6 Å². The van der Waals surface area contributed by atoms with Crippen molar-refractivity contribution in [2.24, 2.45) is 5.84 Å². The molecule has 0 aliphatic heterocycles. The van der Waals surface area contributed by atoms with Gasteiger partial charge in [0.1, 0.15) is 0 Å². The van der Waals surface area contributed by atoms with Gasteiger partial charge < -0.3 is 0 Å². The third-order valence-corrected chi connectivity index (χ3v) is 2.92. The van der Waals surface area contributed by atoms with E-state index >= 15 is 0 Å². The van der Waals surface area contributed by atoms with Gasteiger partial charge in [-0.1, -0.05) is 20.8 Å². The number of hydrogen-bond donors (Lipinski definition) is 1. The van der Waals surface area contributed by atoms with Crippen LogP contribution in [0, 0.1) is 0 Å². The van der Waals surface area contributed by atoms with Crippen molar-refractivity contribution in [1.82, 2.24) is 10.2 Å². The number of rotatable bonds is 5. The average molecular weight is 236 g/mol. The fourth-order valence-corrected chi connectivity index (χ4v) is 1.34. The van der Waals surface area contributed by atoms with Crippen molar-refractivity contribution in [3.63, 3.8) is 0 Å². The van der Waals surface area contributed by atoms with E-state index < -0.39 is 0 Å². The number of Topliss-reactive ketones (excluding diaryl/α,β-unsaturated/α-hetero) is 1. The molecule has 0 atom stereocenters. The van der Waals surface area contributed by atoms with E-state index in [2.05, 4.69) is 31.0 Å². The molecule has 0 spiro atoms. The lowest BCUT2D eigenvalue weighted by atomic mass is 9.86. The molecule has 1 aromatic heterocycles. The van der Waals surface area contributed by atoms with E-state index in [-0.39, 0.29) is 17.7 Å². The average Bonchev–Trinajstić information content (AvgIpc) is 2.28. The second kappa shape index (κ2) is 5.23. The van der Waals surface area contributed by atoms with Crippen LogP contribution in [-0.4, -0.2) is 22.5 Å². The van der Waals surface area contributed by atoms with Crippen LogP contribution >= 0.6 is 0 Å². The van der Waals surface area contributed by atoms with Crippen molar-refractivity contribution in [2.45, 2.75) is 39.5 Å². The molecule has 2 N–H and O–H groups in total. The topological polar surface area (TPSA) is 72.1 Å². The molecule has 0 aromatic carbocycles. The first-order chi connectivity index (χ1) is 7.86. The van der Waals surface area contributed by atoms with Gasteiger partial charge in [-0.15, -0.1) is 5.10 Å². The number of hydrogen-bond acceptors (Lipinski definition) is 5. The molecule has 0 aliphatic rings. The monoisotopic (exact) mass is 236 g/mol. The van der Waals surface area contributed by atoms with Gasteiger partial charge >= 0.3 is 0 Å². The Balaban J connectivity index is 2.84. The zero-order chi connectivity index (χ0) is 13.1. The minimum atomic E-state index is -0.00716. The maximum atomic E-state index is 10.9. The first-order valence-corrected chi connectivity index (χ1v) is 5.72. The zero-order valence-corrected chi connectivity index (χ0v) is 10.9. The Bertz CT molecular complexity index is 386. The summed E-state index contributed by atoms with van der Waals surface area (Å²) in [6.07, 6.45) is 0.987. The second-order valence-electron chi connectivity index (χ2n) is 4.84. The van der Waals surface area contributed by atoms with Gasteiger partial charge in [0, 0.05) is 5.41 Å². The molecule has 0 fully saturated rings. The molecule has 1 aromatic rings. The minimum Gasteiger partial charge on any atom is -0.298 e. The lowest BCUT2D eigenvalue weighted by molar-refractivity contribution is -0.115. The molecule has 1 heterocycles. The van der Waals surface area contributed by atoms with Crippen molar-refractivity contribution in [2.75, 3.05) is 11.6 Å². The van der Waals surface area contributed by atoms with Gasteiger partial charge in [0.25, 0.3) is 0 Å². The number of carbonyl (C=O) groups excluding carboxylic acids is 1. The highest BCUT2D eigenvalue weighted by atomic mass is 16.1. The number of ketones is 1. The van der Waals surface area contributed by atoms with Crippen LogP contribution in [0.2, 0.25) is 0 Å². The van der Waals surface area contributed by atoms with Crippen LogP contribution in [0.4, 0.5) is 5.82 Å². The predicted octanol–water partition coefficient (Wildman–Crippen LogP) is 1.43. The highest BCUT2D eigenvalue weighted by molar-refractivity contribution is 5.80. The number of aromatic nitrogens is 2. The van der Waals surface area contributed by atoms with Crippen molar-refractivity contribution in [3.05, 3.63) is 17.8 Å². The minimum absolute atomic E-state index is 0.00549. The number of nitrogens with two attached hydrogens (primary N) is 1. The normalized spacial score (nSPS) is 11.4. The van der Waals surface area contributed by atoms with Crippen molar-refractivity contribution in [1.29, 1.82) is 0 Å². The molecular weight excluding hydrogens is 216 g/mol. The quantitative estimate of drug-likeness (QED) is 0.618. The third-order valence-electron chi connectivity index (χ3n) is 2.92. The number of hydrazine groups is 1. The van der Waals surface area contributed by atoms with Crippen LogP contribution in [0.25, 0.3) is 0 Å². The van der Waals surface area contributed by atoms with E-state index in [4.69, 9.17) is 5.84 Å². The third kappa shape index (κ3) is 3.49. The van der Waals surface area contributed by atoms with E-state index in [0.29, 0.717) is 5.82 Å².